The van der Waals surface area contributed by atoms with E-state index in [1.165, 1.54) is 0 Å². The predicted molar refractivity (Wildman–Crippen MR) is 70.0 cm³/mol. The molecule has 1 saturated heterocycles. The van der Waals surface area contributed by atoms with Crippen LogP contribution in [0.2, 0.25) is 5.15 Å². The molecule has 0 amide bonds. The SMILES string of the molecule is Cc1nnc2c(NC3CCNCC3)cc(Cl)nn12. The normalized spacial score (nSPS) is 17.2. The molecule has 7 heteroatoms. The first-order valence-corrected chi connectivity index (χ1v) is 6.47. The third-order valence-electron chi connectivity index (χ3n) is 3.20. The van der Waals surface area contributed by atoms with Crippen LogP contribution >= 0.6 is 11.6 Å². The second kappa shape index (κ2) is 4.70. The molecular weight excluding hydrogens is 252 g/mol. The molecule has 18 heavy (non-hydrogen) atoms. The lowest BCUT2D eigenvalue weighted by atomic mass is 10.1. The second-order valence-corrected chi connectivity index (χ2v) is 4.92. The van der Waals surface area contributed by atoms with Crippen LogP contribution in [-0.4, -0.2) is 38.9 Å². The van der Waals surface area contributed by atoms with Crippen molar-refractivity contribution in [3.8, 4) is 0 Å². The van der Waals surface area contributed by atoms with Crippen molar-refractivity contribution in [2.45, 2.75) is 25.8 Å². The lowest BCUT2D eigenvalue weighted by Gasteiger charge is -2.24. The first kappa shape index (κ1) is 11.7. The molecule has 1 fully saturated rings. The van der Waals surface area contributed by atoms with Gasteiger partial charge in [0, 0.05) is 12.1 Å². The van der Waals surface area contributed by atoms with E-state index in [4.69, 9.17) is 11.6 Å². The number of aromatic nitrogens is 4. The number of hydrogen-bond acceptors (Lipinski definition) is 5. The van der Waals surface area contributed by atoms with E-state index in [0.717, 1.165) is 43.1 Å². The Labute approximate surface area is 110 Å². The summed E-state index contributed by atoms with van der Waals surface area (Å²) in [6.45, 7) is 3.94. The Morgan fingerprint density at radius 2 is 2.17 bits per heavy atom. The van der Waals surface area contributed by atoms with Gasteiger partial charge in [-0.3, -0.25) is 0 Å². The Bertz CT molecular complexity index is 560. The topological polar surface area (TPSA) is 67.1 Å². The molecule has 96 valence electrons. The van der Waals surface area contributed by atoms with Gasteiger partial charge in [0.15, 0.2) is 11.0 Å². The van der Waals surface area contributed by atoms with Crippen molar-refractivity contribution < 1.29 is 0 Å². The van der Waals surface area contributed by atoms with Gasteiger partial charge >= 0.3 is 0 Å². The summed E-state index contributed by atoms with van der Waals surface area (Å²) in [6.07, 6.45) is 2.19. The summed E-state index contributed by atoms with van der Waals surface area (Å²) < 4.78 is 1.67. The Kier molecular flexibility index (Phi) is 3.05. The van der Waals surface area contributed by atoms with Gasteiger partial charge < -0.3 is 10.6 Å². The van der Waals surface area contributed by atoms with Crippen LogP contribution < -0.4 is 10.6 Å². The molecule has 0 aromatic carbocycles. The molecule has 0 radical (unpaired) electrons. The molecule has 1 aliphatic rings. The summed E-state index contributed by atoms with van der Waals surface area (Å²) in [5, 5.41) is 19.6. The number of nitrogens with zero attached hydrogens (tertiary/aromatic N) is 4. The van der Waals surface area contributed by atoms with E-state index in [1.807, 2.05) is 13.0 Å². The molecule has 3 rings (SSSR count). The maximum absolute atomic E-state index is 6.03. The van der Waals surface area contributed by atoms with Crippen molar-refractivity contribution in [3.05, 3.63) is 17.0 Å². The smallest absolute Gasteiger partial charge is 0.201 e. The van der Waals surface area contributed by atoms with Gasteiger partial charge in [-0.05, 0) is 32.9 Å². The quantitative estimate of drug-likeness (QED) is 0.856. The van der Waals surface area contributed by atoms with Crippen molar-refractivity contribution in [2.24, 2.45) is 0 Å². The van der Waals surface area contributed by atoms with E-state index in [1.54, 1.807) is 4.52 Å². The van der Waals surface area contributed by atoms with Gasteiger partial charge in [-0.2, -0.15) is 9.61 Å². The van der Waals surface area contributed by atoms with E-state index in [9.17, 15) is 0 Å². The van der Waals surface area contributed by atoms with E-state index in [2.05, 4.69) is 25.9 Å². The highest BCUT2D eigenvalue weighted by Gasteiger charge is 2.16. The standard InChI is InChI=1S/C11H15ClN6/c1-7-15-16-11-9(6-10(12)17-18(7)11)14-8-2-4-13-5-3-8/h6,8,13-14H,2-5H2,1H3. The van der Waals surface area contributed by atoms with Crippen molar-refractivity contribution >= 4 is 22.9 Å². The fourth-order valence-electron chi connectivity index (χ4n) is 2.25. The van der Waals surface area contributed by atoms with Crippen LogP contribution in [0.1, 0.15) is 18.7 Å². The lowest BCUT2D eigenvalue weighted by molar-refractivity contribution is 0.479. The van der Waals surface area contributed by atoms with E-state index in [-0.39, 0.29) is 0 Å². The van der Waals surface area contributed by atoms with Crippen molar-refractivity contribution in [1.29, 1.82) is 0 Å². The molecule has 0 bridgehead atoms. The second-order valence-electron chi connectivity index (χ2n) is 4.53. The monoisotopic (exact) mass is 266 g/mol. The summed E-state index contributed by atoms with van der Waals surface area (Å²) in [6, 6.07) is 2.26. The summed E-state index contributed by atoms with van der Waals surface area (Å²) in [5.74, 6) is 0.737. The Balaban J connectivity index is 1.94. The van der Waals surface area contributed by atoms with Gasteiger partial charge in [0.1, 0.15) is 0 Å². The summed E-state index contributed by atoms with van der Waals surface area (Å²) in [4.78, 5) is 0. The van der Waals surface area contributed by atoms with Gasteiger partial charge in [0.25, 0.3) is 0 Å². The van der Waals surface area contributed by atoms with Crippen LogP contribution in [0, 0.1) is 6.92 Å². The highest BCUT2D eigenvalue weighted by molar-refractivity contribution is 6.29. The largest absolute Gasteiger partial charge is 0.379 e. The van der Waals surface area contributed by atoms with E-state index >= 15 is 0 Å². The molecule has 2 aromatic heterocycles. The summed E-state index contributed by atoms with van der Waals surface area (Å²) >= 11 is 6.03. The van der Waals surface area contributed by atoms with Crippen LogP contribution in [0.4, 0.5) is 5.69 Å². The van der Waals surface area contributed by atoms with Gasteiger partial charge in [-0.25, -0.2) is 0 Å². The highest BCUT2D eigenvalue weighted by atomic mass is 35.5. The van der Waals surface area contributed by atoms with E-state index in [0.29, 0.717) is 11.2 Å². The van der Waals surface area contributed by atoms with Crippen LogP contribution in [0.25, 0.3) is 5.65 Å². The summed E-state index contributed by atoms with van der Waals surface area (Å²) in [5.41, 5.74) is 1.64. The zero-order chi connectivity index (χ0) is 12.5. The van der Waals surface area contributed by atoms with Crippen LogP contribution in [-0.2, 0) is 0 Å². The average Bonchev–Trinajstić information content (AvgIpc) is 2.73. The first-order valence-electron chi connectivity index (χ1n) is 6.10. The molecule has 0 atom stereocenters. The maximum atomic E-state index is 6.03. The molecule has 2 aromatic rings. The van der Waals surface area contributed by atoms with Crippen LogP contribution in [0.15, 0.2) is 6.07 Å². The molecule has 0 aliphatic carbocycles. The van der Waals surface area contributed by atoms with Gasteiger partial charge in [-0.15, -0.1) is 10.2 Å². The number of nitrogens with one attached hydrogen (secondary N) is 2. The molecule has 0 unspecified atom stereocenters. The maximum Gasteiger partial charge on any atom is 0.201 e. The fraction of sp³-hybridized carbons (Fsp3) is 0.545. The van der Waals surface area contributed by atoms with Crippen LogP contribution in [0.5, 0.6) is 0 Å². The van der Waals surface area contributed by atoms with Gasteiger partial charge in [0.05, 0.1) is 5.69 Å². The number of halogens is 1. The van der Waals surface area contributed by atoms with Gasteiger partial charge in [-0.1, -0.05) is 11.6 Å². The predicted octanol–water partition coefficient (Wildman–Crippen LogP) is 1.25. The Morgan fingerprint density at radius 1 is 1.39 bits per heavy atom. The molecule has 6 nitrogen and oxygen atoms in total. The van der Waals surface area contributed by atoms with E-state index < -0.39 is 0 Å². The third-order valence-corrected chi connectivity index (χ3v) is 3.38. The molecule has 0 saturated carbocycles. The third kappa shape index (κ3) is 2.13. The lowest BCUT2D eigenvalue weighted by Crippen LogP contribution is -2.35. The van der Waals surface area contributed by atoms with Crippen LogP contribution in [0.3, 0.4) is 0 Å². The first-order chi connectivity index (χ1) is 8.74. The van der Waals surface area contributed by atoms with Crippen molar-refractivity contribution in [3.63, 3.8) is 0 Å². The minimum Gasteiger partial charge on any atom is -0.379 e. The number of hydrogen-bond donors (Lipinski definition) is 2. The summed E-state index contributed by atoms with van der Waals surface area (Å²) in [7, 11) is 0. The fourth-order valence-corrected chi connectivity index (χ4v) is 2.43. The Morgan fingerprint density at radius 3 is 2.94 bits per heavy atom. The minimum absolute atomic E-state index is 0.446. The number of aryl methyl sites for hydroxylation is 1. The number of anilines is 1. The molecule has 0 spiro atoms. The van der Waals surface area contributed by atoms with Crippen molar-refractivity contribution in [2.75, 3.05) is 18.4 Å². The molecule has 1 aliphatic heterocycles. The zero-order valence-corrected chi connectivity index (χ0v) is 10.9. The minimum atomic E-state index is 0.446. The molecule has 3 heterocycles. The Hall–Kier alpha value is -1.40. The zero-order valence-electron chi connectivity index (χ0n) is 10.1. The number of rotatable bonds is 2. The number of piperidine rings is 1. The highest BCUT2D eigenvalue weighted by Crippen LogP contribution is 2.21. The number of fused-ring (bicyclic) bond motifs is 1. The average molecular weight is 267 g/mol. The molecular formula is C11H15ClN6. The van der Waals surface area contributed by atoms with Crippen molar-refractivity contribution in [1.82, 2.24) is 25.1 Å². The molecule has 2 N–H and O–H groups in total. The van der Waals surface area contributed by atoms with Gasteiger partial charge in [0.2, 0.25) is 5.65 Å².